The van der Waals surface area contributed by atoms with Crippen molar-refractivity contribution in [2.24, 2.45) is 0 Å². The Kier molecular flexibility index (Phi) is 7.80. The highest BCUT2D eigenvalue weighted by Crippen LogP contribution is 2.39. The fourth-order valence-electron chi connectivity index (χ4n) is 8.47. The van der Waals surface area contributed by atoms with Crippen LogP contribution < -0.4 is 0 Å². The summed E-state index contributed by atoms with van der Waals surface area (Å²) < 4.78 is 4.72. The van der Waals surface area contributed by atoms with Crippen LogP contribution in [-0.4, -0.2) is 19.1 Å². The first-order chi connectivity index (χ1) is 28.7. The molecule has 0 saturated heterocycles. The third-order valence-corrected chi connectivity index (χ3v) is 11.1. The molecule has 0 radical (unpaired) electrons. The molecular weight excluding hydrogens is 707 g/mol. The van der Waals surface area contributed by atoms with Crippen molar-refractivity contribution in [3.8, 4) is 62.5 Å². The number of nitrogens with zero attached hydrogens (tertiary/aromatic N) is 5. The summed E-state index contributed by atoms with van der Waals surface area (Å²) in [6.45, 7) is 0. The highest BCUT2D eigenvalue weighted by Gasteiger charge is 2.19. The molecule has 0 N–H and O–H groups in total. The SMILES string of the molecule is N#Cc1cccc(-c2cc(-c3nc(-c4ccccc4)cc(-c4ccccc4)n3)cc(-n3c4ccccc4c4cc(-n5c6ccccc6c6ccccc65)ccc43)c2)c1. The van der Waals surface area contributed by atoms with Crippen molar-refractivity contribution in [3.63, 3.8) is 0 Å². The normalized spacial score (nSPS) is 11.4. The summed E-state index contributed by atoms with van der Waals surface area (Å²) in [6.07, 6.45) is 0. The predicted molar refractivity (Wildman–Crippen MR) is 237 cm³/mol. The first-order valence-corrected chi connectivity index (χ1v) is 19.4. The van der Waals surface area contributed by atoms with E-state index >= 15 is 0 Å². The van der Waals surface area contributed by atoms with Crippen LogP contribution in [0.25, 0.3) is 100 Å². The summed E-state index contributed by atoms with van der Waals surface area (Å²) in [6, 6.07) is 72.0. The van der Waals surface area contributed by atoms with Crippen molar-refractivity contribution in [1.82, 2.24) is 19.1 Å². The third-order valence-electron chi connectivity index (χ3n) is 11.1. The van der Waals surface area contributed by atoms with Crippen molar-refractivity contribution >= 4 is 43.6 Å². The lowest BCUT2D eigenvalue weighted by Gasteiger charge is -2.15. The average molecular weight is 740 g/mol. The van der Waals surface area contributed by atoms with Gasteiger partial charge in [-0.1, -0.05) is 127 Å². The maximum atomic E-state index is 9.89. The minimum Gasteiger partial charge on any atom is -0.309 e. The van der Waals surface area contributed by atoms with Crippen molar-refractivity contribution in [2.45, 2.75) is 0 Å². The molecule has 0 amide bonds. The molecule has 0 atom stereocenters. The van der Waals surface area contributed by atoms with Crippen LogP contribution in [0.1, 0.15) is 5.56 Å². The number of nitriles is 1. The summed E-state index contributed by atoms with van der Waals surface area (Å²) in [5.41, 5.74) is 13.7. The van der Waals surface area contributed by atoms with Gasteiger partial charge in [0.1, 0.15) is 0 Å². The van der Waals surface area contributed by atoms with Gasteiger partial charge in [-0.2, -0.15) is 5.26 Å². The van der Waals surface area contributed by atoms with Gasteiger partial charge >= 0.3 is 0 Å². The van der Waals surface area contributed by atoms with Gasteiger partial charge in [0.2, 0.25) is 0 Å². The van der Waals surface area contributed by atoms with E-state index in [1.165, 1.54) is 21.8 Å². The molecule has 3 aromatic heterocycles. The molecule has 3 heterocycles. The zero-order chi connectivity index (χ0) is 38.6. The number of hydrogen-bond acceptors (Lipinski definition) is 3. The minimum absolute atomic E-state index is 0.604. The lowest BCUT2D eigenvalue weighted by molar-refractivity contribution is 1.15. The van der Waals surface area contributed by atoms with Gasteiger partial charge in [-0.05, 0) is 83.9 Å². The molecule has 5 heteroatoms. The second kappa shape index (κ2) is 13.6. The van der Waals surface area contributed by atoms with Crippen molar-refractivity contribution in [2.75, 3.05) is 0 Å². The van der Waals surface area contributed by atoms with E-state index in [1.807, 2.05) is 54.6 Å². The number of para-hydroxylation sites is 3. The minimum atomic E-state index is 0.604. The molecule has 11 rings (SSSR count). The first kappa shape index (κ1) is 33.3. The molecular formula is C53H33N5. The fourth-order valence-corrected chi connectivity index (χ4v) is 8.47. The van der Waals surface area contributed by atoms with E-state index in [0.29, 0.717) is 11.4 Å². The predicted octanol–water partition coefficient (Wildman–Crippen LogP) is 13.2. The molecule has 0 aliphatic rings. The second-order valence-corrected chi connectivity index (χ2v) is 14.6. The van der Waals surface area contributed by atoms with E-state index in [2.05, 4.69) is 161 Å². The van der Waals surface area contributed by atoms with Gasteiger partial charge in [-0.15, -0.1) is 0 Å². The maximum absolute atomic E-state index is 9.89. The van der Waals surface area contributed by atoms with Crippen molar-refractivity contribution in [3.05, 3.63) is 206 Å². The topological polar surface area (TPSA) is 59.4 Å². The summed E-state index contributed by atoms with van der Waals surface area (Å²) in [5, 5.41) is 14.7. The Morgan fingerprint density at radius 2 is 0.845 bits per heavy atom. The van der Waals surface area contributed by atoms with Crippen molar-refractivity contribution < 1.29 is 0 Å². The van der Waals surface area contributed by atoms with E-state index in [4.69, 9.17) is 9.97 Å². The molecule has 0 saturated carbocycles. The maximum Gasteiger partial charge on any atom is 0.160 e. The number of hydrogen-bond donors (Lipinski definition) is 0. The number of aromatic nitrogens is 4. The fraction of sp³-hybridized carbons (Fsp3) is 0. The van der Waals surface area contributed by atoms with E-state index in [-0.39, 0.29) is 0 Å². The van der Waals surface area contributed by atoms with Gasteiger partial charge in [-0.3, -0.25) is 0 Å². The zero-order valence-corrected chi connectivity index (χ0v) is 31.3. The number of benzene rings is 8. The molecule has 5 nitrogen and oxygen atoms in total. The van der Waals surface area contributed by atoms with Crippen LogP contribution in [-0.2, 0) is 0 Å². The molecule has 58 heavy (non-hydrogen) atoms. The summed E-state index contributed by atoms with van der Waals surface area (Å²) in [4.78, 5) is 10.5. The van der Waals surface area contributed by atoms with Crippen LogP contribution in [0, 0.1) is 11.3 Å². The Labute approximate surface area is 335 Å². The molecule has 11 aromatic rings. The Bertz CT molecular complexity index is 3290. The lowest BCUT2D eigenvalue weighted by atomic mass is 9.99. The summed E-state index contributed by atoms with van der Waals surface area (Å²) in [7, 11) is 0. The van der Waals surface area contributed by atoms with Crippen LogP contribution in [0.5, 0.6) is 0 Å². The highest BCUT2D eigenvalue weighted by molar-refractivity contribution is 6.12. The summed E-state index contributed by atoms with van der Waals surface area (Å²) in [5.74, 6) is 0.620. The van der Waals surface area contributed by atoms with Gasteiger partial charge in [0.05, 0.1) is 45.1 Å². The average Bonchev–Trinajstić information content (AvgIpc) is 3.82. The molecule has 270 valence electrons. The zero-order valence-electron chi connectivity index (χ0n) is 31.3. The quantitative estimate of drug-likeness (QED) is 0.171. The van der Waals surface area contributed by atoms with E-state index in [0.717, 1.165) is 72.4 Å². The van der Waals surface area contributed by atoms with Crippen LogP contribution in [0.3, 0.4) is 0 Å². The van der Waals surface area contributed by atoms with Gasteiger partial charge in [-0.25, -0.2) is 9.97 Å². The molecule has 0 aliphatic heterocycles. The highest BCUT2D eigenvalue weighted by atomic mass is 15.0. The van der Waals surface area contributed by atoms with Crippen LogP contribution in [0.4, 0.5) is 0 Å². The third kappa shape index (κ3) is 5.55. The van der Waals surface area contributed by atoms with Crippen LogP contribution >= 0.6 is 0 Å². The molecule has 0 aliphatic carbocycles. The van der Waals surface area contributed by atoms with E-state index < -0.39 is 0 Å². The Hall–Kier alpha value is -8.07. The van der Waals surface area contributed by atoms with Gasteiger partial charge in [0.25, 0.3) is 0 Å². The van der Waals surface area contributed by atoms with Crippen molar-refractivity contribution in [1.29, 1.82) is 5.26 Å². The van der Waals surface area contributed by atoms with E-state index in [9.17, 15) is 5.26 Å². The number of fused-ring (bicyclic) bond motifs is 6. The number of rotatable bonds is 6. The van der Waals surface area contributed by atoms with Gasteiger partial charge in [0.15, 0.2) is 5.82 Å². The summed E-state index contributed by atoms with van der Waals surface area (Å²) >= 11 is 0. The smallest absolute Gasteiger partial charge is 0.160 e. The molecule has 0 spiro atoms. The first-order valence-electron chi connectivity index (χ1n) is 19.4. The van der Waals surface area contributed by atoms with Gasteiger partial charge < -0.3 is 9.13 Å². The Morgan fingerprint density at radius 1 is 0.345 bits per heavy atom. The lowest BCUT2D eigenvalue weighted by Crippen LogP contribution is -2.00. The molecule has 0 unspecified atom stereocenters. The monoisotopic (exact) mass is 739 g/mol. The Morgan fingerprint density at radius 3 is 1.45 bits per heavy atom. The standard InChI is InChI=1S/C53H33N5/c54-34-35-14-13-19-38(28-35)39-29-40(53-55-47(36-15-3-1-4-16-36)33-48(56-53)37-17-5-2-6-18-37)31-42(30-39)58-51-25-12-9-22-45(51)46-32-41(26-27-52(46)58)57-49-23-10-7-20-43(49)44-21-8-11-24-50(44)57/h1-33H. The second-order valence-electron chi connectivity index (χ2n) is 14.6. The van der Waals surface area contributed by atoms with Gasteiger partial charge in [0, 0.05) is 49.6 Å². The van der Waals surface area contributed by atoms with Crippen LogP contribution in [0.2, 0.25) is 0 Å². The Balaban J connectivity index is 1.17. The molecule has 0 fully saturated rings. The molecule has 8 aromatic carbocycles. The molecule has 0 bridgehead atoms. The van der Waals surface area contributed by atoms with Crippen LogP contribution in [0.15, 0.2) is 200 Å². The van der Waals surface area contributed by atoms with E-state index in [1.54, 1.807) is 0 Å². The largest absolute Gasteiger partial charge is 0.309 e.